The van der Waals surface area contributed by atoms with Gasteiger partial charge in [-0.2, -0.15) is 0 Å². The summed E-state index contributed by atoms with van der Waals surface area (Å²) in [4.78, 5) is 0. The molecule has 0 heterocycles. The monoisotopic (exact) mass is 380 g/mol. The van der Waals surface area contributed by atoms with Crippen LogP contribution in [0.4, 0.5) is 0 Å². The summed E-state index contributed by atoms with van der Waals surface area (Å²) in [6.07, 6.45) is 12.6. The van der Waals surface area contributed by atoms with Gasteiger partial charge in [-0.3, -0.25) is 0 Å². The number of fused-ring (bicyclic) bond motifs is 1. The van der Waals surface area contributed by atoms with Gasteiger partial charge in [0.25, 0.3) is 0 Å². The minimum atomic E-state index is -1.52. The van der Waals surface area contributed by atoms with E-state index >= 15 is 0 Å². The number of unbranched alkanes of at least 4 members (excludes halogenated alkanes) is 1. The standard InChI is InChI=1S/C23H44O2Si/c1-7-26(8-2,9-3)25-21-14-12-18-23(6)19(15-16-20(21)23)13-10-11-17-22(4,5)24/h13,20-21,24H,7-12,14-18H2,1-6H3/b19-13-/t20-,21?,23+/m0/s1. The summed E-state index contributed by atoms with van der Waals surface area (Å²) in [6.45, 7) is 13.4. The molecule has 1 unspecified atom stereocenters. The quantitative estimate of drug-likeness (QED) is 0.269. The molecule has 2 nitrogen and oxygen atoms in total. The summed E-state index contributed by atoms with van der Waals surface area (Å²) >= 11 is 0. The van der Waals surface area contributed by atoms with E-state index < -0.39 is 13.9 Å². The highest BCUT2D eigenvalue weighted by molar-refractivity contribution is 6.73. The molecule has 0 radical (unpaired) electrons. The molecule has 2 aliphatic carbocycles. The first-order valence-corrected chi connectivity index (χ1v) is 13.8. The Labute approximate surface area is 163 Å². The van der Waals surface area contributed by atoms with Crippen molar-refractivity contribution in [3.8, 4) is 0 Å². The van der Waals surface area contributed by atoms with E-state index in [0.717, 1.165) is 25.2 Å². The predicted molar refractivity (Wildman–Crippen MR) is 115 cm³/mol. The summed E-state index contributed by atoms with van der Waals surface area (Å²) in [5.74, 6) is 0.730. The lowest BCUT2D eigenvalue weighted by atomic mass is 9.66. The SMILES string of the molecule is CC[Si](CC)(CC)OC1CCC[C@]2(C)/C(=C\CCCC(C)(C)O)CC[C@@H]12. The van der Waals surface area contributed by atoms with Gasteiger partial charge in [-0.05, 0) is 88.3 Å². The summed E-state index contributed by atoms with van der Waals surface area (Å²) in [5, 5.41) is 9.93. The van der Waals surface area contributed by atoms with Crippen molar-refractivity contribution in [1.82, 2.24) is 0 Å². The topological polar surface area (TPSA) is 29.5 Å². The maximum absolute atomic E-state index is 9.93. The molecule has 0 saturated heterocycles. The predicted octanol–water partition coefficient (Wildman–Crippen LogP) is 6.84. The van der Waals surface area contributed by atoms with Crippen LogP contribution in [-0.2, 0) is 4.43 Å². The van der Waals surface area contributed by atoms with E-state index in [0.29, 0.717) is 11.5 Å². The second-order valence-corrected chi connectivity index (χ2v) is 14.5. The van der Waals surface area contributed by atoms with Crippen LogP contribution >= 0.6 is 0 Å². The van der Waals surface area contributed by atoms with E-state index in [1.54, 1.807) is 5.57 Å². The highest BCUT2D eigenvalue weighted by atomic mass is 28.4. The van der Waals surface area contributed by atoms with E-state index in [4.69, 9.17) is 4.43 Å². The molecule has 0 bridgehead atoms. The molecule has 0 aliphatic heterocycles. The van der Waals surface area contributed by atoms with Gasteiger partial charge < -0.3 is 9.53 Å². The van der Waals surface area contributed by atoms with Gasteiger partial charge in [0.1, 0.15) is 0 Å². The fourth-order valence-corrected chi connectivity index (χ4v) is 8.50. The van der Waals surface area contributed by atoms with Crippen LogP contribution in [0.15, 0.2) is 11.6 Å². The van der Waals surface area contributed by atoms with E-state index in [1.165, 1.54) is 50.2 Å². The molecule has 152 valence electrons. The molecule has 1 N–H and O–H groups in total. The minimum Gasteiger partial charge on any atom is -0.414 e. The molecule has 26 heavy (non-hydrogen) atoms. The average Bonchev–Trinajstić information content (AvgIpc) is 2.93. The molecule has 2 rings (SSSR count). The fraction of sp³-hybridized carbons (Fsp3) is 0.913. The van der Waals surface area contributed by atoms with Crippen LogP contribution in [0.3, 0.4) is 0 Å². The molecule has 0 aromatic carbocycles. The highest BCUT2D eigenvalue weighted by Crippen LogP contribution is 2.56. The molecule has 3 heteroatoms. The first-order chi connectivity index (χ1) is 12.2. The summed E-state index contributed by atoms with van der Waals surface area (Å²) in [6, 6.07) is 3.79. The van der Waals surface area contributed by atoms with Crippen LogP contribution in [0.1, 0.15) is 92.9 Å². The summed E-state index contributed by atoms with van der Waals surface area (Å²) < 4.78 is 7.00. The van der Waals surface area contributed by atoms with Crippen molar-refractivity contribution in [2.24, 2.45) is 11.3 Å². The molecular formula is C23H44O2Si. The van der Waals surface area contributed by atoms with E-state index in [-0.39, 0.29) is 0 Å². The zero-order valence-corrected chi connectivity index (χ0v) is 19.4. The maximum Gasteiger partial charge on any atom is 0.192 e. The third kappa shape index (κ3) is 5.02. The summed E-state index contributed by atoms with van der Waals surface area (Å²) in [7, 11) is -1.52. The van der Waals surface area contributed by atoms with Gasteiger partial charge in [0.05, 0.1) is 5.60 Å². The third-order valence-corrected chi connectivity index (χ3v) is 12.3. The number of hydrogen-bond acceptors (Lipinski definition) is 2. The van der Waals surface area contributed by atoms with Crippen LogP contribution in [0.25, 0.3) is 0 Å². The zero-order valence-electron chi connectivity index (χ0n) is 18.4. The van der Waals surface area contributed by atoms with Crippen molar-refractivity contribution in [2.75, 3.05) is 0 Å². The van der Waals surface area contributed by atoms with Gasteiger partial charge in [-0.25, -0.2) is 0 Å². The molecule has 2 aliphatic rings. The molecule has 2 saturated carbocycles. The Balaban J connectivity index is 2.05. The van der Waals surface area contributed by atoms with Crippen LogP contribution in [0.5, 0.6) is 0 Å². The largest absolute Gasteiger partial charge is 0.414 e. The van der Waals surface area contributed by atoms with Gasteiger partial charge >= 0.3 is 0 Å². The Morgan fingerprint density at radius 1 is 1.19 bits per heavy atom. The average molecular weight is 381 g/mol. The van der Waals surface area contributed by atoms with Crippen molar-refractivity contribution < 1.29 is 9.53 Å². The lowest BCUT2D eigenvalue weighted by Gasteiger charge is -2.46. The molecule has 0 aromatic heterocycles. The summed E-state index contributed by atoms with van der Waals surface area (Å²) in [5.41, 5.74) is 1.54. The van der Waals surface area contributed by atoms with E-state index in [9.17, 15) is 5.11 Å². The molecule has 0 aromatic rings. The lowest BCUT2D eigenvalue weighted by molar-refractivity contribution is 0.0248. The van der Waals surface area contributed by atoms with Crippen LogP contribution in [0, 0.1) is 11.3 Å². The molecule has 0 amide bonds. The van der Waals surface area contributed by atoms with Crippen molar-refractivity contribution in [3.63, 3.8) is 0 Å². The number of rotatable bonds is 9. The van der Waals surface area contributed by atoms with Crippen molar-refractivity contribution >= 4 is 8.32 Å². The first-order valence-electron chi connectivity index (χ1n) is 11.3. The second-order valence-electron chi connectivity index (χ2n) is 9.79. The van der Waals surface area contributed by atoms with Gasteiger partial charge in [-0.15, -0.1) is 0 Å². The number of allylic oxidation sites excluding steroid dienone is 2. The Bertz CT molecular complexity index is 467. The molecule has 3 atom stereocenters. The Morgan fingerprint density at radius 3 is 2.42 bits per heavy atom. The molecule has 0 spiro atoms. The van der Waals surface area contributed by atoms with Crippen LogP contribution in [0.2, 0.25) is 18.1 Å². The zero-order chi connectivity index (χ0) is 19.4. The van der Waals surface area contributed by atoms with Gasteiger partial charge in [0.15, 0.2) is 8.32 Å². The Hall–Kier alpha value is -0.123. The van der Waals surface area contributed by atoms with Crippen LogP contribution < -0.4 is 0 Å². The van der Waals surface area contributed by atoms with Crippen molar-refractivity contribution in [2.45, 2.75) is 123 Å². The third-order valence-electron chi connectivity index (χ3n) is 7.63. The second kappa shape index (κ2) is 8.92. The lowest BCUT2D eigenvalue weighted by Crippen LogP contribution is -2.47. The maximum atomic E-state index is 9.93. The first kappa shape index (κ1) is 22.2. The fourth-order valence-electron chi connectivity index (χ4n) is 5.58. The highest BCUT2D eigenvalue weighted by Gasteiger charge is 2.50. The minimum absolute atomic E-state index is 0.368. The van der Waals surface area contributed by atoms with Crippen molar-refractivity contribution in [1.29, 1.82) is 0 Å². The number of hydrogen-bond donors (Lipinski definition) is 1. The van der Waals surface area contributed by atoms with E-state index in [1.807, 2.05) is 13.8 Å². The van der Waals surface area contributed by atoms with Gasteiger partial charge in [-0.1, -0.05) is 45.8 Å². The molecule has 2 fully saturated rings. The van der Waals surface area contributed by atoms with Crippen molar-refractivity contribution in [3.05, 3.63) is 11.6 Å². The number of aliphatic hydroxyl groups is 1. The van der Waals surface area contributed by atoms with E-state index in [2.05, 4.69) is 33.8 Å². The normalized spacial score (nSPS) is 31.4. The van der Waals surface area contributed by atoms with Crippen LogP contribution in [-0.4, -0.2) is 25.1 Å². The molecular weight excluding hydrogens is 336 g/mol. The van der Waals surface area contributed by atoms with Gasteiger partial charge in [0, 0.05) is 6.10 Å². The smallest absolute Gasteiger partial charge is 0.192 e. The Morgan fingerprint density at radius 2 is 1.85 bits per heavy atom. The Kier molecular flexibility index (Phi) is 7.60. The van der Waals surface area contributed by atoms with Gasteiger partial charge in [0.2, 0.25) is 0 Å².